The van der Waals surface area contributed by atoms with Crippen LogP contribution in [0, 0.1) is 18.3 Å². The van der Waals surface area contributed by atoms with Gasteiger partial charge in [0.05, 0.1) is 26.4 Å². The Morgan fingerprint density at radius 3 is 3.04 bits per heavy atom. The number of carbonyl (C=O) groups excluding carboxylic acids is 1. The summed E-state index contributed by atoms with van der Waals surface area (Å²) in [6.45, 7) is 5.47. The summed E-state index contributed by atoms with van der Waals surface area (Å²) in [5.41, 5.74) is 1.32. The maximum absolute atomic E-state index is 12.6. The second kappa shape index (κ2) is 6.57. The van der Waals surface area contributed by atoms with Crippen molar-refractivity contribution in [2.45, 2.75) is 13.5 Å². The molecule has 2 saturated heterocycles. The summed E-state index contributed by atoms with van der Waals surface area (Å²) in [6.07, 6.45) is 3.52. The minimum absolute atomic E-state index is 0.0836. The lowest BCUT2D eigenvalue weighted by atomic mass is 9.82. The van der Waals surface area contributed by atoms with Gasteiger partial charge in [0.25, 0.3) is 5.91 Å². The first-order valence-electron chi connectivity index (χ1n) is 8.43. The highest BCUT2D eigenvalue weighted by Gasteiger charge is 2.52. The number of fused-ring (bicyclic) bond motifs is 1. The first-order chi connectivity index (χ1) is 12.2. The van der Waals surface area contributed by atoms with Gasteiger partial charge in [0.1, 0.15) is 5.76 Å². The Bertz CT molecular complexity index is 748. The number of amides is 1. The van der Waals surface area contributed by atoms with E-state index < -0.39 is 0 Å². The Hall–Kier alpha value is -2.25. The van der Waals surface area contributed by atoms with Crippen molar-refractivity contribution < 1.29 is 18.8 Å². The zero-order valence-corrected chi connectivity index (χ0v) is 14.2. The Kier molecular flexibility index (Phi) is 4.27. The number of nitrogens with zero attached hydrogens (tertiary/aromatic N) is 3. The number of ether oxygens (including phenoxy) is 2. The van der Waals surface area contributed by atoms with Crippen LogP contribution in [-0.2, 0) is 16.1 Å². The van der Waals surface area contributed by atoms with Gasteiger partial charge in [-0.1, -0.05) is 5.16 Å². The number of aromatic nitrogens is 2. The van der Waals surface area contributed by atoms with Crippen molar-refractivity contribution in [1.82, 2.24) is 15.0 Å². The van der Waals surface area contributed by atoms with Gasteiger partial charge in [-0.05, 0) is 24.6 Å². The normalized spacial score (nSPS) is 25.3. The fourth-order valence-electron chi connectivity index (χ4n) is 3.67. The molecule has 0 bridgehead atoms. The van der Waals surface area contributed by atoms with Gasteiger partial charge < -0.3 is 18.9 Å². The molecule has 2 aromatic heterocycles. The smallest absolute Gasteiger partial charge is 0.276 e. The maximum atomic E-state index is 12.6. The molecule has 25 heavy (non-hydrogen) atoms. The Labute approximate surface area is 145 Å². The van der Waals surface area contributed by atoms with Gasteiger partial charge >= 0.3 is 0 Å². The summed E-state index contributed by atoms with van der Waals surface area (Å²) in [7, 11) is 0. The van der Waals surface area contributed by atoms with E-state index in [2.05, 4.69) is 10.1 Å². The van der Waals surface area contributed by atoms with Crippen LogP contribution in [0.15, 0.2) is 35.1 Å². The number of carbonyl (C=O) groups is 1. The van der Waals surface area contributed by atoms with Crippen LogP contribution in [0.3, 0.4) is 0 Å². The highest BCUT2D eigenvalue weighted by Crippen LogP contribution is 2.42. The van der Waals surface area contributed by atoms with Gasteiger partial charge in [-0.15, -0.1) is 0 Å². The zero-order valence-electron chi connectivity index (χ0n) is 14.2. The number of hydrogen-bond donors (Lipinski definition) is 0. The third kappa shape index (κ3) is 3.17. The Balaban J connectivity index is 1.41. The Morgan fingerprint density at radius 2 is 2.28 bits per heavy atom. The fourth-order valence-corrected chi connectivity index (χ4v) is 3.67. The molecule has 2 atom stereocenters. The van der Waals surface area contributed by atoms with E-state index >= 15 is 0 Å². The van der Waals surface area contributed by atoms with E-state index in [1.165, 1.54) is 0 Å². The van der Waals surface area contributed by atoms with Crippen molar-refractivity contribution in [3.05, 3.63) is 47.6 Å². The van der Waals surface area contributed by atoms with Gasteiger partial charge in [-0.25, -0.2) is 0 Å². The molecule has 0 aliphatic carbocycles. The van der Waals surface area contributed by atoms with Gasteiger partial charge in [-0.3, -0.25) is 9.78 Å². The van der Waals surface area contributed by atoms with Crippen LogP contribution in [0.25, 0.3) is 0 Å². The average Bonchev–Trinajstić information content (AvgIpc) is 3.29. The SMILES string of the molecule is Cc1cc(C(=O)N2C[C@@H]3COC[C@]3(COCc3ccncc3)C2)no1. The van der Waals surface area contributed by atoms with Crippen molar-refractivity contribution in [3.63, 3.8) is 0 Å². The van der Waals surface area contributed by atoms with Crippen molar-refractivity contribution in [1.29, 1.82) is 0 Å². The Morgan fingerprint density at radius 1 is 1.44 bits per heavy atom. The molecule has 2 fully saturated rings. The van der Waals surface area contributed by atoms with Gasteiger partial charge in [-0.2, -0.15) is 0 Å². The van der Waals surface area contributed by atoms with Crippen molar-refractivity contribution >= 4 is 5.91 Å². The summed E-state index contributed by atoms with van der Waals surface area (Å²) >= 11 is 0. The first-order valence-corrected chi connectivity index (χ1v) is 8.43. The van der Waals surface area contributed by atoms with E-state index in [0.717, 1.165) is 5.56 Å². The minimum atomic E-state index is -0.137. The van der Waals surface area contributed by atoms with E-state index in [1.54, 1.807) is 25.4 Å². The predicted octanol–water partition coefficient (Wildman–Crippen LogP) is 1.68. The van der Waals surface area contributed by atoms with Crippen molar-refractivity contribution in [2.24, 2.45) is 11.3 Å². The number of rotatable bonds is 5. The van der Waals surface area contributed by atoms with Crippen molar-refractivity contribution in [3.8, 4) is 0 Å². The maximum Gasteiger partial charge on any atom is 0.276 e. The zero-order chi connectivity index (χ0) is 17.3. The highest BCUT2D eigenvalue weighted by atomic mass is 16.5. The standard InChI is InChI=1S/C18H21N3O4/c1-13-6-16(20-25-13)17(22)21-7-15-9-24-12-18(15,10-21)11-23-8-14-2-4-19-5-3-14/h2-6,15H,7-12H2,1H3/t15-,18-/m1/s1. The van der Waals surface area contributed by atoms with Crippen LogP contribution in [0.5, 0.6) is 0 Å². The molecule has 7 nitrogen and oxygen atoms in total. The number of likely N-dealkylation sites (tertiary alicyclic amines) is 1. The first kappa shape index (κ1) is 16.2. The molecule has 4 heterocycles. The molecule has 2 aliphatic heterocycles. The number of hydrogen-bond acceptors (Lipinski definition) is 6. The summed E-state index contributed by atoms with van der Waals surface area (Å²) in [6, 6.07) is 5.56. The molecule has 0 unspecified atom stereocenters. The van der Waals surface area contributed by atoms with Crippen LogP contribution in [0.2, 0.25) is 0 Å². The fraction of sp³-hybridized carbons (Fsp3) is 0.500. The van der Waals surface area contributed by atoms with E-state index in [9.17, 15) is 4.79 Å². The molecule has 2 aromatic rings. The van der Waals surface area contributed by atoms with E-state index in [-0.39, 0.29) is 11.3 Å². The minimum Gasteiger partial charge on any atom is -0.380 e. The van der Waals surface area contributed by atoms with E-state index in [1.807, 2.05) is 17.0 Å². The second-order valence-corrected chi connectivity index (χ2v) is 6.93. The molecule has 7 heteroatoms. The second-order valence-electron chi connectivity index (χ2n) is 6.93. The summed E-state index contributed by atoms with van der Waals surface area (Å²) in [5, 5.41) is 3.84. The van der Waals surface area contributed by atoms with E-state index in [0.29, 0.717) is 56.9 Å². The highest BCUT2D eigenvalue weighted by molar-refractivity contribution is 5.92. The molecule has 0 radical (unpaired) electrons. The molecular formula is C18H21N3O4. The van der Waals surface area contributed by atoms with E-state index in [4.69, 9.17) is 14.0 Å². The van der Waals surface area contributed by atoms with Crippen LogP contribution >= 0.6 is 0 Å². The number of aryl methyl sites for hydroxylation is 1. The van der Waals surface area contributed by atoms with Crippen LogP contribution in [0.1, 0.15) is 21.8 Å². The monoisotopic (exact) mass is 343 g/mol. The van der Waals surface area contributed by atoms with Gasteiger partial charge in [0.2, 0.25) is 0 Å². The molecule has 4 rings (SSSR count). The number of pyridine rings is 1. The van der Waals surface area contributed by atoms with Crippen LogP contribution in [0.4, 0.5) is 0 Å². The molecular weight excluding hydrogens is 322 g/mol. The molecule has 0 N–H and O–H groups in total. The summed E-state index contributed by atoms with van der Waals surface area (Å²) in [5.74, 6) is 0.850. The topological polar surface area (TPSA) is 77.7 Å². The molecule has 1 amide bonds. The molecule has 0 saturated carbocycles. The average molecular weight is 343 g/mol. The van der Waals surface area contributed by atoms with Gasteiger partial charge in [0, 0.05) is 42.9 Å². The lowest BCUT2D eigenvalue weighted by Gasteiger charge is -2.26. The predicted molar refractivity (Wildman–Crippen MR) is 87.8 cm³/mol. The largest absolute Gasteiger partial charge is 0.380 e. The quantitative estimate of drug-likeness (QED) is 0.822. The lowest BCUT2D eigenvalue weighted by Crippen LogP contribution is -2.37. The lowest BCUT2D eigenvalue weighted by molar-refractivity contribution is 0.0185. The van der Waals surface area contributed by atoms with Crippen LogP contribution in [-0.4, -0.2) is 53.9 Å². The summed E-state index contributed by atoms with van der Waals surface area (Å²) in [4.78, 5) is 18.5. The third-order valence-corrected chi connectivity index (χ3v) is 5.06. The molecule has 2 aliphatic rings. The van der Waals surface area contributed by atoms with Crippen LogP contribution < -0.4 is 0 Å². The molecule has 132 valence electrons. The third-order valence-electron chi connectivity index (χ3n) is 5.06. The van der Waals surface area contributed by atoms with Crippen molar-refractivity contribution in [2.75, 3.05) is 32.9 Å². The molecule has 0 aromatic carbocycles. The molecule has 0 spiro atoms. The summed E-state index contributed by atoms with van der Waals surface area (Å²) < 4.78 is 16.7. The van der Waals surface area contributed by atoms with Gasteiger partial charge in [0.15, 0.2) is 5.69 Å².